The lowest BCUT2D eigenvalue weighted by molar-refractivity contribution is 0.570. The van der Waals surface area contributed by atoms with Crippen molar-refractivity contribution in [2.75, 3.05) is 4.72 Å². The molecule has 0 saturated heterocycles. The Kier molecular flexibility index (Phi) is 3.67. The number of nitrogens with one attached hydrogen (secondary N) is 1. The topological polar surface area (TPSA) is 76.9 Å². The minimum absolute atomic E-state index is 0.169. The summed E-state index contributed by atoms with van der Waals surface area (Å²) in [6, 6.07) is 5.18. The van der Waals surface area contributed by atoms with Crippen LogP contribution >= 0.6 is 11.3 Å². The minimum atomic E-state index is -4.01. The number of rotatable bonds is 4. The predicted octanol–water partition coefficient (Wildman–Crippen LogP) is 2.48. The smallest absolute Gasteiger partial charge is 0.266 e. The fourth-order valence-electron chi connectivity index (χ4n) is 1.84. The van der Waals surface area contributed by atoms with E-state index in [0.29, 0.717) is 5.69 Å². The molecular formula is C13H11FN4O2S2. The zero-order valence-electron chi connectivity index (χ0n) is 11.4. The van der Waals surface area contributed by atoms with Gasteiger partial charge < -0.3 is 0 Å². The lowest BCUT2D eigenvalue weighted by Crippen LogP contribution is -2.14. The summed E-state index contributed by atoms with van der Waals surface area (Å²) in [7, 11) is -2.23. The summed E-state index contributed by atoms with van der Waals surface area (Å²) in [6.45, 7) is 0. The van der Waals surface area contributed by atoms with Crippen molar-refractivity contribution in [3.05, 3.63) is 47.9 Å². The Bertz CT molecular complexity index is 918. The van der Waals surface area contributed by atoms with E-state index in [4.69, 9.17) is 0 Å². The van der Waals surface area contributed by atoms with Crippen molar-refractivity contribution in [3.8, 4) is 11.3 Å². The molecule has 0 aliphatic heterocycles. The lowest BCUT2D eigenvalue weighted by atomic mass is 10.3. The van der Waals surface area contributed by atoms with Gasteiger partial charge in [0, 0.05) is 24.2 Å². The Morgan fingerprint density at radius 3 is 2.77 bits per heavy atom. The number of hydrogen-bond acceptors (Lipinski definition) is 5. The molecule has 0 amide bonds. The van der Waals surface area contributed by atoms with E-state index in [0.717, 1.165) is 23.0 Å². The molecule has 0 atom stereocenters. The van der Waals surface area contributed by atoms with Gasteiger partial charge in [0.1, 0.15) is 10.7 Å². The molecule has 3 rings (SSSR count). The van der Waals surface area contributed by atoms with Crippen LogP contribution in [-0.4, -0.2) is 23.2 Å². The van der Waals surface area contributed by atoms with E-state index in [2.05, 4.69) is 14.8 Å². The van der Waals surface area contributed by atoms with Crippen molar-refractivity contribution in [3.63, 3.8) is 0 Å². The molecule has 1 aromatic carbocycles. The summed E-state index contributed by atoms with van der Waals surface area (Å²) in [6.07, 6.45) is 3.40. The van der Waals surface area contributed by atoms with Crippen molar-refractivity contribution in [1.29, 1.82) is 0 Å². The Labute approximate surface area is 130 Å². The van der Waals surface area contributed by atoms with Gasteiger partial charge in [-0.2, -0.15) is 5.10 Å². The third-order valence-corrected chi connectivity index (χ3v) is 5.11. The fourth-order valence-corrected chi connectivity index (χ4v) is 3.89. The van der Waals surface area contributed by atoms with Crippen LogP contribution in [0, 0.1) is 5.82 Å². The summed E-state index contributed by atoms with van der Waals surface area (Å²) in [5, 5.41) is 5.90. The molecule has 2 heterocycles. The molecule has 22 heavy (non-hydrogen) atoms. The molecular weight excluding hydrogens is 327 g/mol. The van der Waals surface area contributed by atoms with Crippen molar-refractivity contribution in [2.45, 2.75) is 4.90 Å². The largest absolute Gasteiger partial charge is 0.275 e. The third kappa shape index (κ3) is 2.85. The minimum Gasteiger partial charge on any atom is -0.275 e. The first-order chi connectivity index (χ1) is 10.5. The van der Waals surface area contributed by atoms with Crippen LogP contribution in [0.2, 0.25) is 0 Å². The second-order valence-corrected chi connectivity index (χ2v) is 6.99. The molecule has 0 bridgehead atoms. The standard InChI is InChI=1S/C13H11FN4O2S2/c1-18-7-9(6-15-18)11-8-21-13(16-11)17-22(19,20)12-5-3-2-4-10(12)14/h2-8H,1H3,(H,16,17). The van der Waals surface area contributed by atoms with Crippen LogP contribution in [0.4, 0.5) is 9.52 Å². The molecule has 1 N–H and O–H groups in total. The zero-order valence-corrected chi connectivity index (χ0v) is 13.0. The maximum Gasteiger partial charge on any atom is 0.266 e. The Morgan fingerprint density at radius 2 is 2.09 bits per heavy atom. The van der Waals surface area contributed by atoms with Gasteiger partial charge in [0.15, 0.2) is 5.13 Å². The van der Waals surface area contributed by atoms with Gasteiger partial charge in [-0.15, -0.1) is 11.3 Å². The summed E-state index contributed by atoms with van der Waals surface area (Å²) < 4.78 is 41.9. The summed E-state index contributed by atoms with van der Waals surface area (Å²) in [4.78, 5) is 3.78. The number of anilines is 1. The van der Waals surface area contributed by atoms with Crippen LogP contribution in [0.15, 0.2) is 46.9 Å². The second-order valence-electron chi connectivity index (χ2n) is 4.48. The van der Waals surface area contributed by atoms with E-state index in [1.165, 1.54) is 18.2 Å². The van der Waals surface area contributed by atoms with Gasteiger partial charge in [0.2, 0.25) is 0 Å². The van der Waals surface area contributed by atoms with Crippen LogP contribution in [-0.2, 0) is 17.1 Å². The number of sulfonamides is 1. The summed E-state index contributed by atoms with van der Waals surface area (Å²) in [5.74, 6) is -0.806. The van der Waals surface area contributed by atoms with E-state index < -0.39 is 20.7 Å². The van der Waals surface area contributed by atoms with Gasteiger partial charge in [-0.3, -0.25) is 9.40 Å². The highest BCUT2D eigenvalue weighted by molar-refractivity contribution is 7.93. The molecule has 0 fully saturated rings. The zero-order chi connectivity index (χ0) is 15.7. The SMILES string of the molecule is Cn1cc(-c2csc(NS(=O)(=O)c3ccccc3F)n2)cn1. The Balaban J connectivity index is 1.88. The van der Waals surface area contributed by atoms with E-state index in [-0.39, 0.29) is 5.13 Å². The van der Waals surface area contributed by atoms with Crippen molar-refractivity contribution >= 4 is 26.5 Å². The first-order valence-electron chi connectivity index (χ1n) is 6.17. The first kappa shape index (κ1) is 14.7. The third-order valence-electron chi connectivity index (χ3n) is 2.85. The predicted molar refractivity (Wildman–Crippen MR) is 81.5 cm³/mol. The van der Waals surface area contributed by atoms with Crippen molar-refractivity contribution < 1.29 is 12.8 Å². The second kappa shape index (κ2) is 5.50. The molecule has 0 spiro atoms. The van der Waals surface area contributed by atoms with Gasteiger partial charge in [-0.25, -0.2) is 17.8 Å². The van der Waals surface area contributed by atoms with Gasteiger partial charge in [0.05, 0.1) is 11.9 Å². The molecule has 3 aromatic rings. The van der Waals surface area contributed by atoms with Crippen LogP contribution in [0.3, 0.4) is 0 Å². The lowest BCUT2D eigenvalue weighted by Gasteiger charge is -2.05. The highest BCUT2D eigenvalue weighted by Crippen LogP contribution is 2.26. The summed E-state index contributed by atoms with van der Waals surface area (Å²) in [5.41, 5.74) is 1.37. The number of benzene rings is 1. The fraction of sp³-hybridized carbons (Fsp3) is 0.0769. The maximum absolute atomic E-state index is 13.6. The molecule has 0 aliphatic rings. The molecule has 6 nitrogen and oxygen atoms in total. The molecule has 0 aliphatic carbocycles. The highest BCUT2D eigenvalue weighted by Gasteiger charge is 2.20. The average molecular weight is 338 g/mol. The number of aromatic nitrogens is 3. The molecule has 2 aromatic heterocycles. The average Bonchev–Trinajstić information content (AvgIpc) is 3.07. The molecule has 114 valence electrons. The number of aryl methyl sites for hydroxylation is 1. The van der Waals surface area contributed by atoms with E-state index >= 15 is 0 Å². The van der Waals surface area contributed by atoms with Crippen LogP contribution in [0.1, 0.15) is 0 Å². The molecule has 0 radical (unpaired) electrons. The highest BCUT2D eigenvalue weighted by atomic mass is 32.2. The van der Waals surface area contributed by atoms with Gasteiger partial charge in [-0.05, 0) is 12.1 Å². The van der Waals surface area contributed by atoms with E-state index in [1.54, 1.807) is 29.5 Å². The van der Waals surface area contributed by atoms with E-state index in [9.17, 15) is 12.8 Å². The normalized spacial score (nSPS) is 11.5. The monoisotopic (exact) mass is 338 g/mol. The van der Waals surface area contributed by atoms with Crippen LogP contribution in [0.25, 0.3) is 11.3 Å². The Hall–Kier alpha value is -2.26. The summed E-state index contributed by atoms with van der Waals surface area (Å²) >= 11 is 1.12. The van der Waals surface area contributed by atoms with Crippen molar-refractivity contribution in [2.24, 2.45) is 7.05 Å². The van der Waals surface area contributed by atoms with Gasteiger partial charge >= 0.3 is 0 Å². The van der Waals surface area contributed by atoms with Gasteiger partial charge in [0.25, 0.3) is 10.0 Å². The molecule has 9 heteroatoms. The van der Waals surface area contributed by atoms with Gasteiger partial charge in [-0.1, -0.05) is 12.1 Å². The number of halogens is 1. The van der Waals surface area contributed by atoms with Crippen molar-refractivity contribution in [1.82, 2.24) is 14.8 Å². The number of hydrogen-bond donors (Lipinski definition) is 1. The first-order valence-corrected chi connectivity index (χ1v) is 8.54. The Morgan fingerprint density at radius 1 is 1.32 bits per heavy atom. The molecule has 0 unspecified atom stereocenters. The number of thiazole rings is 1. The maximum atomic E-state index is 13.6. The van der Waals surface area contributed by atoms with Crippen LogP contribution in [0.5, 0.6) is 0 Å². The van der Waals surface area contributed by atoms with E-state index in [1.807, 2.05) is 0 Å². The van der Waals surface area contributed by atoms with Crippen LogP contribution < -0.4 is 4.72 Å². The quantitative estimate of drug-likeness (QED) is 0.793. The number of nitrogens with zero attached hydrogens (tertiary/aromatic N) is 3. The molecule has 0 saturated carbocycles.